The fourth-order valence-electron chi connectivity index (χ4n) is 2.38. The lowest BCUT2D eigenvalue weighted by molar-refractivity contribution is -0.142. The van der Waals surface area contributed by atoms with Gasteiger partial charge in [0.25, 0.3) is 0 Å². The van der Waals surface area contributed by atoms with E-state index in [1.807, 2.05) is 13.8 Å². The number of aliphatic carboxylic acids is 1. The first kappa shape index (κ1) is 15.8. The lowest BCUT2D eigenvalue weighted by Gasteiger charge is -2.33. The maximum atomic E-state index is 12.4. The van der Waals surface area contributed by atoms with E-state index in [-0.39, 0.29) is 18.7 Å². The highest BCUT2D eigenvalue weighted by atomic mass is 16.5. The highest BCUT2D eigenvalue weighted by Gasteiger charge is 2.40. The van der Waals surface area contributed by atoms with Crippen molar-refractivity contribution in [2.24, 2.45) is 5.92 Å². The van der Waals surface area contributed by atoms with E-state index in [0.717, 1.165) is 12.8 Å². The van der Waals surface area contributed by atoms with E-state index >= 15 is 0 Å². The highest BCUT2D eigenvalue weighted by Crippen LogP contribution is 2.21. The molecule has 19 heavy (non-hydrogen) atoms. The van der Waals surface area contributed by atoms with Crippen molar-refractivity contribution in [1.82, 2.24) is 9.80 Å². The predicted molar refractivity (Wildman–Crippen MR) is 71.0 cm³/mol. The lowest BCUT2D eigenvalue weighted by Crippen LogP contribution is -2.51. The fourth-order valence-corrected chi connectivity index (χ4v) is 2.38. The van der Waals surface area contributed by atoms with Crippen molar-refractivity contribution < 1.29 is 19.4 Å². The smallest absolute Gasteiger partial charge is 0.320 e. The Balaban J connectivity index is 2.81. The van der Waals surface area contributed by atoms with Crippen LogP contribution in [0.25, 0.3) is 0 Å². The fraction of sp³-hybridized carbons (Fsp3) is 0.846. The molecule has 0 saturated carbocycles. The topological polar surface area (TPSA) is 70.1 Å². The van der Waals surface area contributed by atoms with Gasteiger partial charge in [0.05, 0.1) is 19.3 Å². The first-order valence-corrected chi connectivity index (χ1v) is 6.85. The van der Waals surface area contributed by atoms with Crippen molar-refractivity contribution in [2.45, 2.75) is 32.7 Å². The highest BCUT2D eigenvalue weighted by molar-refractivity contribution is 5.77. The average Bonchev–Trinajstić information content (AvgIpc) is 2.84. The molecule has 1 heterocycles. The van der Waals surface area contributed by atoms with Gasteiger partial charge in [0, 0.05) is 20.1 Å². The monoisotopic (exact) mass is 272 g/mol. The average molecular weight is 272 g/mol. The van der Waals surface area contributed by atoms with Gasteiger partial charge in [0.2, 0.25) is 0 Å². The number of rotatable bonds is 6. The second kappa shape index (κ2) is 7.33. The Morgan fingerprint density at radius 1 is 1.21 bits per heavy atom. The summed E-state index contributed by atoms with van der Waals surface area (Å²) in [7, 11) is 1.75. The molecule has 0 radical (unpaired) electrons. The number of hydrogen-bond donors (Lipinski definition) is 1. The standard InChI is InChI=1S/C13H24N2O4/c1-4-6-14(3)13(18)15(7-5-2)11-9-19-8-10(11)12(16)17/h10-11H,4-9H2,1-3H3,(H,16,17). The molecule has 1 aliphatic heterocycles. The van der Waals surface area contributed by atoms with Crippen LogP contribution in [-0.4, -0.2) is 66.3 Å². The zero-order valence-corrected chi connectivity index (χ0v) is 12.0. The van der Waals surface area contributed by atoms with Crippen LogP contribution < -0.4 is 0 Å². The molecule has 6 nitrogen and oxygen atoms in total. The van der Waals surface area contributed by atoms with Gasteiger partial charge in [-0.3, -0.25) is 4.79 Å². The number of carbonyl (C=O) groups is 2. The summed E-state index contributed by atoms with van der Waals surface area (Å²) in [6.07, 6.45) is 1.68. The third-order valence-corrected chi connectivity index (χ3v) is 3.36. The van der Waals surface area contributed by atoms with Crippen molar-refractivity contribution in [2.75, 3.05) is 33.4 Å². The normalized spacial score (nSPS) is 22.3. The van der Waals surface area contributed by atoms with Gasteiger partial charge in [-0.15, -0.1) is 0 Å². The molecular formula is C13H24N2O4. The van der Waals surface area contributed by atoms with Crippen LogP contribution in [0.2, 0.25) is 0 Å². The SMILES string of the molecule is CCCN(C)C(=O)N(CCC)C1COCC1C(=O)O. The largest absolute Gasteiger partial charge is 0.481 e. The Hall–Kier alpha value is -1.30. The maximum Gasteiger partial charge on any atom is 0.320 e. The lowest BCUT2D eigenvalue weighted by atomic mass is 10.0. The maximum absolute atomic E-state index is 12.4. The number of ether oxygens (including phenoxy) is 1. The van der Waals surface area contributed by atoms with Crippen LogP contribution in [0.3, 0.4) is 0 Å². The Morgan fingerprint density at radius 2 is 1.84 bits per heavy atom. The molecule has 0 spiro atoms. The summed E-state index contributed by atoms with van der Waals surface area (Å²) in [5, 5.41) is 9.19. The molecule has 110 valence electrons. The Labute approximate surface area is 114 Å². The minimum atomic E-state index is -0.894. The summed E-state index contributed by atoms with van der Waals surface area (Å²) >= 11 is 0. The number of urea groups is 1. The summed E-state index contributed by atoms with van der Waals surface area (Å²) in [5.41, 5.74) is 0. The molecule has 6 heteroatoms. The number of carboxylic acid groups (broad SMARTS) is 1. The van der Waals surface area contributed by atoms with Gasteiger partial charge in [0.1, 0.15) is 5.92 Å². The Bertz CT molecular complexity index is 322. The van der Waals surface area contributed by atoms with Gasteiger partial charge in [0.15, 0.2) is 0 Å². The van der Waals surface area contributed by atoms with Crippen molar-refractivity contribution in [3.8, 4) is 0 Å². The van der Waals surface area contributed by atoms with E-state index in [9.17, 15) is 14.7 Å². The molecule has 0 aromatic heterocycles. The van der Waals surface area contributed by atoms with Crippen LogP contribution in [0.5, 0.6) is 0 Å². The third kappa shape index (κ3) is 3.83. The van der Waals surface area contributed by atoms with Gasteiger partial charge < -0.3 is 19.6 Å². The molecule has 1 aliphatic rings. The number of nitrogens with zero attached hydrogens (tertiary/aromatic N) is 2. The number of hydrogen-bond acceptors (Lipinski definition) is 3. The van der Waals surface area contributed by atoms with E-state index in [1.165, 1.54) is 0 Å². The van der Waals surface area contributed by atoms with Gasteiger partial charge in [-0.05, 0) is 12.8 Å². The molecule has 2 atom stereocenters. The molecule has 1 rings (SSSR count). The molecular weight excluding hydrogens is 248 g/mol. The second-order valence-electron chi connectivity index (χ2n) is 4.95. The number of carbonyl (C=O) groups excluding carboxylic acids is 1. The molecule has 0 bridgehead atoms. The molecule has 2 unspecified atom stereocenters. The third-order valence-electron chi connectivity index (χ3n) is 3.36. The summed E-state index contributed by atoms with van der Waals surface area (Å²) in [6, 6.07) is -0.463. The van der Waals surface area contributed by atoms with Crippen LogP contribution in [0.15, 0.2) is 0 Å². The van der Waals surface area contributed by atoms with Gasteiger partial charge >= 0.3 is 12.0 Å². The van der Waals surface area contributed by atoms with Crippen LogP contribution >= 0.6 is 0 Å². The molecule has 0 aliphatic carbocycles. The second-order valence-corrected chi connectivity index (χ2v) is 4.95. The quantitative estimate of drug-likeness (QED) is 0.790. The van der Waals surface area contributed by atoms with Crippen molar-refractivity contribution in [1.29, 1.82) is 0 Å². The zero-order chi connectivity index (χ0) is 14.4. The first-order valence-electron chi connectivity index (χ1n) is 6.85. The summed E-state index contributed by atoms with van der Waals surface area (Å²) in [5.74, 6) is -1.51. The van der Waals surface area contributed by atoms with Crippen molar-refractivity contribution in [3.63, 3.8) is 0 Å². The van der Waals surface area contributed by atoms with Gasteiger partial charge in [-0.25, -0.2) is 4.79 Å². The Morgan fingerprint density at radius 3 is 2.37 bits per heavy atom. The molecule has 1 N–H and O–H groups in total. The van der Waals surface area contributed by atoms with Gasteiger partial charge in [-0.1, -0.05) is 13.8 Å². The summed E-state index contributed by atoms with van der Waals surface area (Å²) in [6.45, 7) is 5.71. The zero-order valence-electron chi connectivity index (χ0n) is 12.0. The van der Waals surface area contributed by atoms with E-state index in [4.69, 9.17) is 4.74 Å². The molecule has 0 aromatic rings. The number of carboxylic acids is 1. The summed E-state index contributed by atoms with van der Waals surface area (Å²) in [4.78, 5) is 26.9. The van der Waals surface area contributed by atoms with E-state index in [1.54, 1.807) is 16.8 Å². The van der Waals surface area contributed by atoms with Crippen LogP contribution in [-0.2, 0) is 9.53 Å². The van der Waals surface area contributed by atoms with Gasteiger partial charge in [-0.2, -0.15) is 0 Å². The predicted octanol–water partition coefficient (Wildman–Crippen LogP) is 1.26. The van der Waals surface area contributed by atoms with Crippen molar-refractivity contribution >= 4 is 12.0 Å². The minimum Gasteiger partial charge on any atom is -0.481 e. The van der Waals surface area contributed by atoms with Crippen LogP contribution in [0.1, 0.15) is 26.7 Å². The van der Waals surface area contributed by atoms with E-state index in [2.05, 4.69) is 0 Å². The minimum absolute atomic E-state index is 0.106. The summed E-state index contributed by atoms with van der Waals surface area (Å²) < 4.78 is 5.25. The Kier molecular flexibility index (Phi) is 6.08. The number of amides is 2. The molecule has 0 aromatic carbocycles. The van der Waals surface area contributed by atoms with E-state index < -0.39 is 11.9 Å². The van der Waals surface area contributed by atoms with Crippen molar-refractivity contribution in [3.05, 3.63) is 0 Å². The van der Waals surface area contributed by atoms with Crippen LogP contribution in [0, 0.1) is 5.92 Å². The van der Waals surface area contributed by atoms with Crippen LogP contribution in [0.4, 0.5) is 4.79 Å². The molecule has 1 saturated heterocycles. The van der Waals surface area contributed by atoms with E-state index in [0.29, 0.717) is 19.7 Å². The molecule has 2 amide bonds. The first-order chi connectivity index (χ1) is 9.02. The molecule has 1 fully saturated rings.